The highest BCUT2D eigenvalue weighted by Gasteiger charge is 2.34. The summed E-state index contributed by atoms with van der Waals surface area (Å²) < 4.78 is 18.9. The summed E-state index contributed by atoms with van der Waals surface area (Å²) in [6.07, 6.45) is 1.76. The molecule has 1 aliphatic heterocycles. The van der Waals surface area contributed by atoms with Crippen LogP contribution in [0.2, 0.25) is 0 Å². The summed E-state index contributed by atoms with van der Waals surface area (Å²) in [6, 6.07) is 4.00. The minimum absolute atomic E-state index is 0.0989. The van der Waals surface area contributed by atoms with Gasteiger partial charge in [0.15, 0.2) is 0 Å². The second kappa shape index (κ2) is 10.9. The van der Waals surface area contributed by atoms with Gasteiger partial charge in [0.05, 0.1) is 12.6 Å². The molecule has 9 nitrogen and oxygen atoms in total. The first-order valence-corrected chi connectivity index (χ1v) is 11.7. The largest absolute Gasteiger partial charge is 0.467 e. The van der Waals surface area contributed by atoms with Gasteiger partial charge in [-0.15, -0.1) is 0 Å². The molecule has 1 aromatic heterocycles. The summed E-state index contributed by atoms with van der Waals surface area (Å²) in [4.78, 5) is 53.6. The molecule has 3 unspecified atom stereocenters. The first-order valence-electron chi connectivity index (χ1n) is 11.7. The van der Waals surface area contributed by atoms with Gasteiger partial charge in [0.2, 0.25) is 11.8 Å². The lowest BCUT2D eigenvalue weighted by Crippen LogP contribution is -2.54. The SMILES string of the molecule is COC(=O)C(CC1CCCNC1=O)NC(=O)C(CC(C)(C)C)NC(=O)c1cc2cccc(F)c2[nH]1. The molecule has 10 heteroatoms. The number of halogens is 1. The number of carbonyl (C=O) groups is 4. The van der Waals surface area contributed by atoms with E-state index < -0.39 is 41.6 Å². The molecule has 3 rings (SSSR count). The fourth-order valence-corrected chi connectivity index (χ4v) is 4.27. The highest BCUT2D eigenvalue weighted by atomic mass is 19.1. The molecule has 3 atom stereocenters. The van der Waals surface area contributed by atoms with Crippen molar-refractivity contribution in [2.45, 2.75) is 58.5 Å². The Hall–Kier alpha value is -3.43. The average molecular weight is 489 g/mol. The molecule has 1 aromatic carbocycles. The first-order chi connectivity index (χ1) is 16.5. The van der Waals surface area contributed by atoms with E-state index in [0.717, 1.165) is 6.42 Å². The van der Waals surface area contributed by atoms with Gasteiger partial charge >= 0.3 is 5.97 Å². The van der Waals surface area contributed by atoms with Crippen molar-refractivity contribution in [1.29, 1.82) is 0 Å². The van der Waals surface area contributed by atoms with Crippen LogP contribution in [0.15, 0.2) is 24.3 Å². The second-order valence-electron chi connectivity index (χ2n) is 10.1. The number of carbonyl (C=O) groups excluding carboxylic acids is 4. The van der Waals surface area contributed by atoms with E-state index in [2.05, 4.69) is 20.9 Å². The lowest BCUT2D eigenvalue weighted by molar-refractivity contribution is -0.146. The van der Waals surface area contributed by atoms with E-state index in [1.54, 1.807) is 12.1 Å². The van der Waals surface area contributed by atoms with Crippen LogP contribution in [0.25, 0.3) is 10.9 Å². The number of ether oxygens (including phenoxy) is 1. The number of para-hydroxylation sites is 1. The van der Waals surface area contributed by atoms with Gasteiger partial charge in [-0.25, -0.2) is 9.18 Å². The van der Waals surface area contributed by atoms with Crippen molar-refractivity contribution in [3.63, 3.8) is 0 Å². The summed E-state index contributed by atoms with van der Waals surface area (Å²) in [7, 11) is 1.21. The van der Waals surface area contributed by atoms with E-state index in [0.29, 0.717) is 18.4 Å². The minimum Gasteiger partial charge on any atom is -0.467 e. The molecule has 0 saturated carbocycles. The maximum atomic E-state index is 14.0. The van der Waals surface area contributed by atoms with Crippen molar-refractivity contribution in [3.05, 3.63) is 35.8 Å². The molecule has 0 aliphatic carbocycles. The fourth-order valence-electron chi connectivity index (χ4n) is 4.27. The van der Waals surface area contributed by atoms with Gasteiger partial charge < -0.3 is 25.7 Å². The van der Waals surface area contributed by atoms with Crippen molar-refractivity contribution in [3.8, 4) is 0 Å². The van der Waals surface area contributed by atoms with Crippen LogP contribution < -0.4 is 16.0 Å². The predicted octanol–water partition coefficient (Wildman–Crippen LogP) is 2.42. The molecule has 0 radical (unpaired) electrons. The lowest BCUT2D eigenvalue weighted by Gasteiger charge is -2.29. The zero-order valence-electron chi connectivity index (χ0n) is 20.5. The number of hydrogen-bond acceptors (Lipinski definition) is 5. The van der Waals surface area contributed by atoms with Crippen LogP contribution in [0.3, 0.4) is 0 Å². The number of nitrogens with one attached hydrogen (secondary N) is 4. The number of hydrogen-bond donors (Lipinski definition) is 4. The van der Waals surface area contributed by atoms with Crippen LogP contribution in [0.5, 0.6) is 0 Å². The molecular weight excluding hydrogens is 455 g/mol. The molecule has 1 aliphatic rings. The minimum atomic E-state index is -1.04. The molecular formula is C25H33FN4O5. The lowest BCUT2D eigenvalue weighted by atomic mass is 9.87. The number of aromatic amines is 1. The highest BCUT2D eigenvalue weighted by molar-refractivity contribution is 6.00. The zero-order chi connectivity index (χ0) is 25.8. The summed E-state index contributed by atoms with van der Waals surface area (Å²) in [5.74, 6) is -2.88. The molecule has 2 aromatic rings. The summed E-state index contributed by atoms with van der Waals surface area (Å²) in [5, 5.41) is 8.68. The van der Waals surface area contributed by atoms with Gasteiger partial charge in [0, 0.05) is 17.8 Å². The number of methoxy groups -OCH3 is 1. The Morgan fingerprint density at radius 1 is 1.20 bits per heavy atom. The Morgan fingerprint density at radius 2 is 1.94 bits per heavy atom. The number of rotatable bonds is 8. The number of piperidine rings is 1. The van der Waals surface area contributed by atoms with Gasteiger partial charge in [0.1, 0.15) is 23.6 Å². The third-order valence-corrected chi connectivity index (χ3v) is 6.01. The normalized spacial score (nSPS) is 17.9. The van der Waals surface area contributed by atoms with E-state index in [9.17, 15) is 23.6 Å². The van der Waals surface area contributed by atoms with E-state index in [-0.39, 0.29) is 35.4 Å². The standard InChI is InChI=1S/C25H33FN4O5/c1-25(2,3)13-19(30-22(32)17-11-14-7-5-9-16(26)20(14)28-17)23(33)29-18(24(34)35-4)12-15-8-6-10-27-21(15)31/h5,7,9,11,15,18-19,28H,6,8,10,12-13H2,1-4H3,(H,27,31)(H,29,33)(H,30,32). The molecule has 0 bridgehead atoms. The predicted molar refractivity (Wildman–Crippen MR) is 128 cm³/mol. The Labute approximate surface area is 203 Å². The Balaban J connectivity index is 1.78. The third kappa shape index (κ3) is 6.80. The van der Waals surface area contributed by atoms with Crippen molar-refractivity contribution in [2.24, 2.45) is 11.3 Å². The zero-order valence-corrected chi connectivity index (χ0v) is 20.5. The van der Waals surface area contributed by atoms with Gasteiger partial charge in [-0.05, 0) is 43.2 Å². The maximum absolute atomic E-state index is 14.0. The quantitative estimate of drug-likeness (QED) is 0.424. The molecule has 35 heavy (non-hydrogen) atoms. The molecule has 2 heterocycles. The van der Waals surface area contributed by atoms with Crippen molar-refractivity contribution in [1.82, 2.24) is 20.9 Å². The van der Waals surface area contributed by atoms with E-state index in [1.807, 2.05) is 20.8 Å². The number of amides is 3. The number of H-pyrrole nitrogens is 1. The van der Waals surface area contributed by atoms with Crippen LogP contribution in [0.1, 0.15) is 56.9 Å². The molecule has 1 saturated heterocycles. The van der Waals surface area contributed by atoms with Crippen LogP contribution in [-0.4, -0.2) is 54.4 Å². The van der Waals surface area contributed by atoms with Crippen LogP contribution in [0.4, 0.5) is 4.39 Å². The van der Waals surface area contributed by atoms with Gasteiger partial charge in [-0.3, -0.25) is 14.4 Å². The summed E-state index contributed by atoms with van der Waals surface area (Å²) in [6.45, 7) is 6.34. The monoisotopic (exact) mass is 488 g/mol. The van der Waals surface area contributed by atoms with Crippen molar-refractivity contribution in [2.75, 3.05) is 13.7 Å². The van der Waals surface area contributed by atoms with Crippen molar-refractivity contribution >= 4 is 34.6 Å². The Morgan fingerprint density at radius 3 is 2.57 bits per heavy atom. The molecule has 1 fully saturated rings. The second-order valence-corrected chi connectivity index (χ2v) is 10.1. The molecule has 0 spiro atoms. The van der Waals surface area contributed by atoms with Gasteiger partial charge in [0.25, 0.3) is 5.91 Å². The number of fused-ring (bicyclic) bond motifs is 1. The Kier molecular flexibility index (Phi) is 8.14. The molecule has 4 N–H and O–H groups in total. The molecule has 190 valence electrons. The van der Waals surface area contributed by atoms with Gasteiger partial charge in [-0.1, -0.05) is 32.9 Å². The number of esters is 1. The number of aromatic nitrogens is 1. The summed E-state index contributed by atoms with van der Waals surface area (Å²) >= 11 is 0. The smallest absolute Gasteiger partial charge is 0.328 e. The Bertz CT molecular complexity index is 1110. The summed E-state index contributed by atoms with van der Waals surface area (Å²) in [5.41, 5.74) is -0.0301. The first kappa shape index (κ1) is 26.2. The van der Waals surface area contributed by atoms with Gasteiger partial charge in [-0.2, -0.15) is 0 Å². The topological polar surface area (TPSA) is 129 Å². The van der Waals surface area contributed by atoms with Crippen molar-refractivity contribution < 1.29 is 28.3 Å². The third-order valence-electron chi connectivity index (χ3n) is 6.01. The fraction of sp³-hybridized carbons (Fsp3) is 0.520. The maximum Gasteiger partial charge on any atom is 0.328 e. The van der Waals surface area contributed by atoms with E-state index >= 15 is 0 Å². The van der Waals surface area contributed by atoms with Crippen LogP contribution in [0, 0.1) is 17.2 Å². The highest BCUT2D eigenvalue weighted by Crippen LogP contribution is 2.23. The van der Waals surface area contributed by atoms with E-state index in [1.165, 1.54) is 19.2 Å². The van der Waals surface area contributed by atoms with Crippen LogP contribution in [-0.2, 0) is 19.1 Å². The average Bonchev–Trinajstić information content (AvgIpc) is 3.24. The van der Waals surface area contributed by atoms with E-state index in [4.69, 9.17) is 4.74 Å². The number of benzene rings is 1. The molecule has 3 amide bonds. The van der Waals surface area contributed by atoms with Crippen LogP contribution >= 0.6 is 0 Å².